The number of hydrogen-bond donors (Lipinski definition) is 1. The molecule has 21 heavy (non-hydrogen) atoms. The molecule has 0 unspecified atom stereocenters. The fraction of sp³-hybridized carbons (Fsp3) is 0.250. The zero-order valence-electron chi connectivity index (χ0n) is 11.9. The van der Waals surface area contributed by atoms with Gasteiger partial charge < -0.3 is 15.2 Å². The molecule has 2 N–H and O–H groups in total. The maximum atomic E-state index is 5.74. The normalized spacial score (nSPS) is 10.3. The van der Waals surface area contributed by atoms with Crippen LogP contribution >= 0.6 is 12.2 Å². The molecule has 5 heteroatoms. The van der Waals surface area contributed by atoms with Crippen molar-refractivity contribution in [2.75, 3.05) is 13.7 Å². The van der Waals surface area contributed by atoms with E-state index in [4.69, 9.17) is 27.4 Å². The van der Waals surface area contributed by atoms with E-state index in [9.17, 15) is 0 Å². The lowest BCUT2D eigenvalue weighted by Gasteiger charge is -2.08. The van der Waals surface area contributed by atoms with E-state index in [0.717, 1.165) is 24.3 Å². The van der Waals surface area contributed by atoms with Crippen LogP contribution in [0.1, 0.15) is 16.8 Å². The molecule has 0 saturated carbocycles. The van der Waals surface area contributed by atoms with E-state index in [1.165, 1.54) is 5.56 Å². The van der Waals surface area contributed by atoms with Crippen molar-refractivity contribution >= 4 is 17.2 Å². The Labute approximate surface area is 129 Å². The average Bonchev–Trinajstić information content (AvgIpc) is 2.52. The summed E-state index contributed by atoms with van der Waals surface area (Å²) in [6, 6.07) is 11.7. The van der Waals surface area contributed by atoms with Gasteiger partial charge in [-0.05, 0) is 41.8 Å². The smallest absolute Gasteiger partial charge is 0.122 e. The van der Waals surface area contributed by atoms with E-state index in [2.05, 4.69) is 4.98 Å². The Balaban J connectivity index is 1.93. The number of benzene rings is 1. The van der Waals surface area contributed by atoms with Crippen LogP contribution in [0, 0.1) is 0 Å². The van der Waals surface area contributed by atoms with Crippen LogP contribution in [0.4, 0.5) is 0 Å². The molecular formula is C16H18N2O2S. The first-order chi connectivity index (χ1) is 10.2. The summed E-state index contributed by atoms with van der Waals surface area (Å²) in [5, 5.41) is 0. The van der Waals surface area contributed by atoms with Gasteiger partial charge in [-0.1, -0.05) is 24.4 Å². The van der Waals surface area contributed by atoms with Gasteiger partial charge in [0.05, 0.1) is 12.3 Å². The minimum Gasteiger partial charge on any atom is -0.489 e. The van der Waals surface area contributed by atoms with Crippen LogP contribution in [0.25, 0.3) is 0 Å². The van der Waals surface area contributed by atoms with E-state index in [0.29, 0.717) is 17.3 Å². The predicted molar refractivity (Wildman–Crippen MR) is 86.5 cm³/mol. The number of rotatable bonds is 7. The molecule has 0 aliphatic rings. The summed E-state index contributed by atoms with van der Waals surface area (Å²) in [7, 11) is 1.70. The summed E-state index contributed by atoms with van der Waals surface area (Å²) in [5.41, 5.74) is 8.38. The van der Waals surface area contributed by atoms with Gasteiger partial charge in [0.25, 0.3) is 0 Å². The van der Waals surface area contributed by atoms with Crippen molar-refractivity contribution < 1.29 is 9.47 Å². The second-order valence-corrected chi connectivity index (χ2v) is 5.03. The molecule has 0 fully saturated rings. The fourth-order valence-electron chi connectivity index (χ4n) is 1.84. The molecule has 0 aliphatic carbocycles. The number of ether oxygens (including phenoxy) is 2. The van der Waals surface area contributed by atoms with Crippen molar-refractivity contribution in [3.05, 3.63) is 59.4 Å². The van der Waals surface area contributed by atoms with Crippen LogP contribution in [0.3, 0.4) is 0 Å². The number of pyridine rings is 1. The molecule has 2 aromatic rings. The largest absolute Gasteiger partial charge is 0.489 e. The molecular weight excluding hydrogens is 284 g/mol. The van der Waals surface area contributed by atoms with E-state index in [1.807, 2.05) is 36.4 Å². The first kappa shape index (κ1) is 15.4. The highest BCUT2D eigenvalue weighted by molar-refractivity contribution is 7.80. The Morgan fingerprint density at radius 3 is 2.62 bits per heavy atom. The molecule has 4 nitrogen and oxygen atoms in total. The fourth-order valence-corrected chi connectivity index (χ4v) is 1.95. The van der Waals surface area contributed by atoms with Gasteiger partial charge in [-0.25, -0.2) is 0 Å². The number of hydrogen-bond acceptors (Lipinski definition) is 4. The highest BCUT2D eigenvalue weighted by atomic mass is 32.1. The van der Waals surface area contributed by atoms with Gasteiger partial charge in [-0.3, -0.25) is 4.98 Å². The first-order valence-electron chi connectivity index (χ1n) is 6.64. The Morgan fingerprint density at radius 1 is 1.19 bits per heavy atom. The third-order valence-electron chi connectivity index (χ3n) is 3.00. The van der Waals surface area contributed by atoms with E-state index >= 15 is 0 Å². The molecule has 1 aromatic heterocycles. The maximum Gasteiger partial charge on any atom is 0.122 e. The summed E-state index contributed by atoms with van der Waals surface area (Å²) in [6.07, 6.45) is 2.58. The van der Waals surface area contributed by atoms with Gasteiger partial charge in [0.2, 0.25) is 0 Å². The van der Waals surface area contributed by atoms with Gasteiger partial charge in [-0.2, -0.15) is 0 Å². The van der Waals surface area contributed by atoms with Crippen molar-refractivity contribution in [2.24, 2.45) is 5.73 Å². The van der Waals surface area contributed by atoms with Gasteiger partial charge >= 0.3 is 0 Å². The van der Waals surface area contributed by atoms with Gasteiger partial charge in [0.1, 0.15) is 17.3 Å². The van der Waals surface area contributed by atoms with Crippen LogP contribution in [-0.4, -0.2) is 23.7 Å². The van der Waals surface area contributed by atoms with Crippen LogP contribution in [-0.2, 0) is 17.8 Å². The van der Waals surface area contributed by atoms with E-state index < -0.39 is 0 Å². The number of methoxy groups -OCH3 is 1. The van der Waals surface area contributed by atoms with Crippen molar-refractivity contribution in [1.82, 2.24) is 4.98 Å². The van der Waals surface area contributed by atoms with Crippen LogP contribution < -0.4 is 10.5 Å². The Bertz CT molecular complexity index is 599. The molecule has 0 aliphatic heterocycles. The minimum absolute atomic E-state index is 0.291. The third kappa shape index (κ3) is 4.81. The predicted octanol–water partition coefficient (Wildman–Crippen LogP) is 2.48. The van der Waals surface area contributed by atoms with Crippen molar-refractivity contribution in [3.8, 4) is 5.75 Å². The molecule has 0 radical (unpaired) electrons. The Hall–Kier alpha value is -1.98. The van der Waals surface area contributed by atoms with Crippen LogP contribution in [0.2, 0.25) is 0 Å². The van der Waals surface area contributed by atoms with Gasteiger partial charge in [0, 0.05) is 13.3 Å². The highest BCUT2D eigenvalue weighted by Crippen LogP contribution is 2.15. The zero-order valence-corrected chi connectivity index (χ0v) is 12.7. The molecule has 0 spiro atoms. The lowest BCUT2D eigenvalue weighted by molar-refractivity contribution is 0.202. The quantitative estimate of drug-likeness (QED) is 0.796. The number of thiocarbonyl (C=S) groups is 1. The molecule has 1 heterocycles. The van der Waals surface area contributed by atoms with Crippen LogP contribution in [0.15, 0.2) is 42.6 Å². The summed E-state index contributed by atoms with van der Waals surface area (Å²) in [6.45, 7) is 1.18. The second kappa shape index (κ2) is 7.71. The molecule has 0 bridgehead atoms. The van der Waals surface area contributed by atoms with Crippen molar-refractivity contribution in [2.45, 2.75) is 13.0 Å². The summed E-state index contributed by atoms with van der Waals surface area (Å²) in [5.74, 6) is 0.824. The number of aromatic nitrogens is 1. The van der Waals surface area contributed by atoms with E-state index in [1.54, 1.807) is 13.3 Å². The lowest BCUT2D eigenvalue weighted by atomic mass is 10.1. The van der Waals surface area contributed by atoms with Gasteiger partial charge in [0.15, 0.2) is 0 Å². The summed E-state index contributed by atoms with van der Waals surface area (Å²) < 4.78 is 10.8. The third-order valence-corrected chi connectivity index (χ3v) is 3.21. The number of nitrogens with two attached hydrogens (primary N) is 1. The molecule has 2 rings (SSSR count). The zero-order chi connectivity index (χ0) is 15.1. The molecule has 0 saturated heterocycles. The number of nitrogens with zero attached hydrogens (tertiary/aromatic N) is 1. The van der Waals surface area contributed by atoms with Crippen molar-refractivity contribution in [3.63, 3.8) is 0 Å². The Morgan fingerprint density at radius 2 is 1.95 bits per heavy atom. The topological polar surface area (TPSA) is 57.4 Å². The minimum atomic E-state index is 0.291. The van der Waals surface area contributed by atoms with Crippen molar-refractivity contribution in [1.29, 1.82) is 0 Å². The molecule has 0 amide bonds. The SMILES string of the molecule is COCCc1ccc(OCc2ccnc(C(N)=S)c2)cc1. The molecule has 1 aromatic carbocycles. The van der Waals surface area contributed by atoms with Crippen LogP contribution in [0.5, 0.6) is 5.75 Å². The summed E-state index contributed by atoms with van der Waals surface area (Å²) >= 11 is 4.91. The maximum absolute atomic E-state index is 5.74. The molecule has 0 atom stereocenters. The standard InChI is InChI=1S/C16H18N2O2S/c1-19-9-7-12-2-4-14(5-3-12)20-11-13-6-8-18-15(10-13)16(17)21/h2-6,8,10H,7,9,11H2,1H3,(H2,17,21). The lowest BCUT2D eigenvalue weighted by Crippen LogP contribution is -2.12. The first-order valence-corrected chi connectivity index (χ1v) is 7.05. The highest BCUT2D eigenvalue weighted by Gasteiger charge is 2.01. The average molecular weight is 302 g/mol. The van der Waals surface area contributed by atoms with E-state index in [-0.39, 0.29) is 0 Å². The van der Waals surface area contributed by atoms with Gasteiger partial charge in [-0.15, -0.1) is 0 Å². The summed E-state index contributed by atoms with van der Waals surface area (Å²) in [4.78, 5) is 4.39. The molecule has 110 valence electrons. The Kier molecular flexibility index (Phi) is 5.66. The second-order valence-electron chi connectivity index (χ2n) is 4.59. The monoisotopic (exact) mass is 302 g/mol.